The summed E-state index contributed by atoms with van der Waals surface area (Å²) in [5, 5.41) is 0. The van der Waals surface area contributed by atoms with Crippen LogP contribution in [0, 0.1) is 5.82 Å². The molecule has 3 heteroatoms. The Kier molecular flexibility index (Phi) is 3.47. The second kappa shape index (κ2) is 4.42. The van der Waals surface area contributed by atoms with Crippen molar-refractivity contribution in [2.45, 2.75) is 19.9 Å². The van der Waals surface area contributed by atoms with E-state index in [1.165, 1.54) is 6.07 Å². The van der Waals surface area contributed by atoms with Crippen LogP contribution in [0.2, 0.25) is 0 Å². The number of hydrogen-bond acceptors (Lipinski definition) is 2. The number of nitrogens with zero attached hydrogens (tertiary/aromatic N) is 1. The summed E-state index contributed by atoms with van der Waals surface area (Å²) in [5.74, 6) is -0.204. The van der Waals surface area contributed by atoms with Crippen LogP contribution in [0.25, 0.3) is 0 Å². The topological polar surface area (TPSA) is 29.3 Å². The van der Waals surface area contributed by atoms with Gasteiger partial charge in [0, 0.05) is 19.6 Å². The van der Waals surface area contributed by atoms with Gasteiger partial charge in [-0.2, -0.15) is 0 Å². The summed E-state index contributed by atoms with van der Waals surface area (Å²) in [5.41, 5.74) is 7.11. The first-order valence-electron chi connectivity index (χ1n) is 4.82. The summed E-state index contributed by atoms with van der Waals surface area (Å²) in [6, 6.07) is 5.03. The van der Waals surface area contributed by atoms with Gasteiger partial charge < -0.3 is 10.6 Å². The van der Waals surface area contributed by atoms with E-state index in [0.29, 0.717) is 5.69 Å². The van der Waals surface area contributed by atoms with Gasteiger partial charge in [0.25, 0.3) is 0 Å². The third kappa shape index (κ3) is 2.23. The Morgan fingerprint density at radius 3 is 2.57 bits per heavy atom. The molecule has 78 valence electrons. The Balaban J connectivity index is 3.01. The molecular weight excluding hydrogens is 179 g/mol. The third-order valence-electron chi connectivity index (χ3n) is 2.38. The van der Waals surface area contributed by atoms with Crippen LogP contribution in [0.15, 0.2) is 18.2 Å². The smallest absolute Gasteiger partial charge is 0.146 e. The Bertz CT molecular complexity index is 310. The quantitative estimate of drug-likeness (QED) is 0.803. The van der Waals surface area contributed by atoms with Crippen LogP contribution in [0.3, 0.4) is 0 Å². The van der Waals surface area contributed by atoms with Crippen molar-refractivity contribution in [1.82, 2.24) is 0 Å². The zero-order valence-electron chi connectivity index (χ0n) is 8.92. The molecule has 0 unspecified atom stereocenters. The molecule has 2 N–H and O–H groups in total. The molecule has 2 nitrogen and oxygen atoms in total. The molecule has 1 aromatic carbocycles. The molecular formula is C11H17FN2. The zero-order chi connectivity index (χ0) is 10.7. The molecule has 0 aromatic heterocycles. The summed E-state index contributed by atoms with van der Waals surface area (Å²) in [7, 11) is 1.87. The Morgan fingerprint density at radius 2 is 2.14 bits per heavy atom. The van der Waals surface area contributed by atoms with Crippen LogP contribution in [0.4, 0.5) is 10.1 Å². The van der Waals surface area contributed by atoms with Gasteiger partial charge in [-0.3, -0.25) is 0 Å². The SMILES string of the molecule is CCN(C)c1ccc([C@H](C)N)cc1F. The summed E-state index contributed by atoms with van der Waals surface area (Å²) in [6.45, 7) is 4.62. The van der Waals surface area contributed by atoms with Crippen LogP contribution in [0.1, 0.15) is 25.5 Å². The molecule has 0 radical (unpaired) electrons. The molecule has 0 heterocycles. The summed E-state index contributed by atoms with van der Waals surface area (Å²) in [4.78, 5) is 1.86. The predicted octanol–water partition coefficient (Wildman–Crippen LogP) is 2.30. The highest BCUT2D eigenvalue weighted by Gasteiger charge is 2.08. The normalized spacial score (nSPS) is 12.6. The van der Waals surface area contributed by atoms with Crippen molar-refractivity contribution in [2.75, 3.05) is 18.5 Å². The van der Waals surface area contributed by atoms with Crippen molar-refractivity contribution in [3.05, 3.63) is 29.6 Å². The number of hydrogen-bond donors (Lipinski definition) is 1. The van der Waals surface area contributed by atoms with E-state index in [0.717, 1.165) is 12.1 Å². The molecule has 0 spiro atoms. The van der Waals surface area contributed by atoms with Crippen LogP contribution >= 0.6 is 0 Å². The first-order valence-corrected chi connectivity index (χ1v) is 4.82. The van der Waals surface area contributed by atoms with Gasteiger partial charge in [-0.1, -0.05) is 6.07 Å². The first kappa shape index (κ1) is 11.0. The van der Waals surface area contributed by atoms with Crippen molar-refractivity contribution in [1.29, 1.82) is 0 Å². The average molecular weight is 196 g/mol. The second-order valence-corrected chi connectivity index (χ2v) is 3.51. The highest BCUT2D eigenvalue weighted by atomic mass is 19.1. The van der Waals surface area contributed by atoms with E-state index in [1.54, 1.807) is 6.07 Å². The first-order chi connectivity index (χ1) is 6.56. The lowest BCUT2D eigenvalue weighted by Gasteiger charge is -2.18. The number of anilines is 1. The van der Waals surface area contributed by atoms with Gasteiger partial charge in [-0.15, -0.1) is 0 Å². The van der Waals surface area contributed by atoms with Gasteiger partial charge >= 0.3 is 0 Å². The maximum atomic E-state index is 13.6. The molecule has 0 bridgehead atoms. The van der Waals surface area contributed by atoms with Crippen LogP contribution in [-0.2, 0) is 0 Å². The molecule has 0 amide bonds. The molecule has 0 fully saturated rings. The molecule has 1 aromatic rings. The average Bonchev–Trinajstić information content (AvgIpc) is 2.16. The minimum absolute atomic E-state index is 0.120. The lowest BCUT2D eigenvalue weighted by Crippen LogP contribution is -2.17. The minimum Gasteiger partial charge on any atom is -0.373 e. The van der Waals surface area contributed by atoms with E-state index in [1.807, 2.05) is 31.9 Å². The van der Waals surface area contributed by atoms with Crippen molar-refractivity contribution in [3.63, 3.8) is 0 Å². The minimum atomic E-state index is -0.204. The zero-order valence-corrected chi connectivity index (χ0v) is 8.92. The lowest BCUT2D eigenvalue weighted by molar-refractivity contribution is 0.618. The molecule has 1 rings (SSSR count). The van der Waals surface area contributed by atoms with E-state index in [9.17, 15) is 4.39 Å². The molecule has 0 aliphatic carbocycles. The maximum absolute atomic E-state index is 13.6. The van der Waals surface area contributed by atoms with Gasteiger partial charge in [0.15, 0.2) is 0 Å². The Morgan fingerprint density at radius 1 is 1.50 bits per heavy atom. The van der Waals surface area contributed by atoms with Gasteiger partial charge in [0.05, 0.1) is 5.69 Å². The van der Waals surface area contributed by atoms with Crippen LogP contribution < -0.4 is 10.6 Å². The fourth-order valence-electron chi connectivity index (χ4n) is 1.29. The largest absolute Gasteiger partial charge is 0.373 e. The van der Waals surface area contributed by atoms with E-state index in [-0.39, 0.29) is 11.9 Å². The van der Waals surface area contributed by atoms with E-state index in [4.69, 9.17) is 5.73 Å². The second-order valence-electron chi connectivity index (χ2n) is 3.51. The summed E-state index contributed by atoms with van der Waals surface area (Å²) >= 11 is 0. The highest BCUT2D eigenvalue weighted by molar-refractivity contribution is 5.48. The van der Waals surface area contributed by atoms with Gasteiger partial charge in [-0.05, 0) is 31.5 Å². The van der Waals surface area contributed by atoms with E-state index < -0.39 is 0 Å². The fraction of sp³-hybridized carbons (Fsp3) is 0.455. The van der Waals surface area contributed by atoms with Gasteiger partial charge in [0.1, 0.15) is 5.82 Å². The number of benzene rings is 1. The molecule has 14 heavy (non-hydrogen) atoms. The molecule has 0 aliphatic rings. The third-order valence-corrected chi connectivity index (χ3v) is 2.38. The van der Waals surface area contributed by atoms with E-state index >= 15 is 0 Å². The highest BCUT2D eigenvalue weighted by Crippen LogP contribution is 2.21. The Hall–Kier alpha value is -1.09. The molecule has 0 saturated heterocycles. The van der Waals surface area contributed by atoms with Crippen molar-refractivity contribution >= 4 is 5.69 Å². The molecule has 1 atom stereocenters. The molecule has 0 aliphatic heterocycles. The predicted molar refractivity (Wildman–Crippen MR) is 57.9 cm³/mol. The van der Waals surface area contributed by atoms with Crippen molar-refractivity contribution in [3.8, 4) is 0 Å². The number of halogens is 1. The number of nitrogens with two attached hydrogens (primary N) is 1. The van der Waals surface area contributed by atoms with Gasteiger partial charge in [-0.25, -0.2) is 4.39 Å². The van der Waals surface area contributed by atoms with Crippen molar-refractivity contribution in [2.24, 2.45) is 5.73 Å². The molecule has 0 saturated carbocycles. The Labute approximate surface area is 84.5 Å². The standard InChI is InChI=1S/C11H17FN2/c1-4-14(3)11-6-5-9(8(2)13)7-10(11)12/h5-8H,4,13H2,1-3H3/t8-/m0/s1. The van der Waals surface area contributed by atoms with E-state index in [2.05, 4.69) is 0 Å². The lowest BCUT2D eigenvalue weighted by atomic mass is 10.1. The van der Waals surface area contributed by atoms with Gasteiger partial charge in [0.2, 0.25) is 0 Å². The fourth-order valence-corrected chi connectivity index (χ4v) is 1.29. The monoisotopic (exact) mass is 196 g/mol. The summed E-state index contributed by atoms with van der Waals surface area (Å²) < 4.78 is 13.6. The van der Waals surface area contributed by atoms with Crippen LogP contribution in [0.5, 0.6) is 0 Å². The maximum Gasteiger partial charge on any atom is 0.146 e. The number of rotatable bonds is 3. The summed E-state index contributed by atoms with van der Waals surface area (Å²) in [6.07, 6.45) is 0. The van der Waals surface area contributed by atoms with Crippen molar-refractivity contribution < 1.29 is 4.39 Å². The van der Waals surface area contributed by atoms with Crippen LogP contribution in [-0.4, -0.2) is 13.6 Å².